The monoisotopic (exact) mass is 512 g/mol. The van der Waals surface area contributed by atoms with Gasteiger partial charge in [-0.15, -0.1) is 0 Å². The Morgan fingerprint density at radius 1 is 0.972 bits per heavy atom. The summed E-state index contributed by atoms with van der Waals surface area (Å²) in [7, 11) is 1.60. The summed E-state index contributed by atoms with van der Waals surface area (Å²) < 4.78 is 24.3. The standard InChI is InChI=1S/C28H30ClFN2O4/c1-35-17-7-16-31-28(34)25(18-21-8-3-2-4-9-21)32(19-22-12-14-23(30)15-13-22)27(33)20-36-26-11-6-5-10-24(26)29/h2-6,8-15,25H,7,16-20H2,1H3,(H,31,34)/t25-/m0/s1. The van der Waals surface area contributed by atoms with Gasteiger partial charge >= 0.3 is 0 Å². The van der Waals surface area contributed by atoms with Crippen molar-refractivity contribution in [3.63, 3.8) is 0 Å². The molecule has 0 fully saturated rings. The maximum atomic E-state index is 13.5. The van der Waals surface area contributed by atoms with Crippen molar-refractivity contribution < 1.29 is 23.5 Å². The molecule has 2 amide bonds. The summed E-state index contributed by atoms with van der Waals surface area (Å²) in [6.07, 6.45) is 0.942. The molecule has 0 unspecified atom stereocenters. The van der Waals surface area contributed by atoms with Gasteiger partial charge in [0.2, 0.25) is 5.91 Å². The summed E-state index contributed by atoms with van der Waals surface area (Å²) in [5.41, 5.74) is 1.59. The first-order valence-electron chi connectivity index (χ1n) is 11.7. The zero-order valence-electron chi connectivity index (χ0n) is 20.2. The summed E-state index contributed by atoms with van der Waals surface area (Å²) in [6.45, 7) is 0.710. The van der Waals surface area contributed by atoms with Crippen LogP contribution in [0.5, 0.6) is 5.75 Å². The van der Waals surface area contributed by atoms with Crippen LogP contribution in [0.25, 0.3) is 0 Å². The van der Waals surface area contributed by atoms with Gasteiger partial charge in [-0.1, -0.05) is 66.2 Å². The Bertz CT molecular complexity index is 1110. The molecule has 1 atom stereocenters. The van der Waals surface area contributed by atoms with Gasteiger partial charge in [-0.05, 0) is 41.8 Å². The molecule has 0 radical (unpaired) electrons. The van der Waals surface area contributed by atoms with E-state index < -0.39 is 11.9 Å². The van der Waals surface area contributed by atoms with Crippen molar-refractivity contribution in [3.8, 4) is 5.75 Å². The van der Waals surface area contributed by atoms with E-state index in [-0.39, 0.29) is 24.9 Å². The minimum atomic E-state index is -0.817. The van der Waals surface area contributed by atoms with Gasteiger partial charge in [-0.3, -0.25) is 9.59 Å². The highest BCUT2D eigenvalue weighted by atomic mass is 35.5. The predicted octanol–water partition coefficient (Wildman–Crippen LogP) is 4.65. The number of halogens is 2. The molecule has 36 heavy (non-hydrogen) atoms. The number of ether oxygens (including phenoxy) is 2. The third kappa shape index (κ3) is 8.36. The predicted molar refractivity (Wildman–Crippen MR) is 137 cm³/mol. The van der Waals surface area contributed by atoms with E-state index in [9.17, 15) is 14.0 Å². The van der Waals surface area contributed by atoms with Gasteiger partial charge in [-0.2, -0.15) is 0 Å². The van der Waals surface area contributed by atoms with Crippen LogP contribution in [-0.4, -0.2) is 49.6 Å². The van der Waals surface area contributed by atoms with Gasteiger partial charge < -0.3 is 19.7 Å². The van der Waals surface area contributed by atoms with E-state index in [0.29, 0.717) is 42.3 Å². The van der Waals surface area contributed by atoms with Gasteiger partial charge in [0.15, 0.2) is 6.61 Å². The second-order valence-corrected chi connectivity index (χ2v) is 8.62. The Kier molecular flexibility index (Phi) is 10.7. The normalized spacial score (nSPS) is 11.5. The van der Waals surface area contributed by atoms with Crippen LogP contribution in [0.4, 0.5) is 4.39 Å². The number of rotatable bonds is 13. The maximum Gasteiger partial charge on any atom is 0.261 e. The lowest BCUT2D eigenvalue weighted by Crippen LogP contribution is -2.52. The van der Waals surface area contributed by atoms with Gasteiger partial charge in [0.25, 0.3) is 5.91 Å². The molecule has 0 heterocycles. The molecule has 0 aliphatic heterocycles. The highest BCUT2D eigenvalue weighted by Gasteiger charge is 2.30. The molecule has 8 heteroatoms. The number of para-hydroxylation sites is 1. The van der Waals surface area contributed by atoms with E-state index >= 15 is 0 Å². The van der Waals surface area contributed by atoms with Crippen molar-refractivity contribution in [1.82, 2.24) is 10.2 Å². The van der Waals surface area contributed by atoms with E-state index in [1.165, 1.54) is 17.0 Å². The lowest BCUT2D eigenvalue weighted by atomic mass is 10.0. The zero-order chi connectivity index (χ0) is 25.8. The summed E-state index contributed by atoms with van der Waals surface area (Å²) >= 11 is 6.18. The Balaban J connectivity index is 1.87. The minimum Gasteiger partial charge on any atom is -0.482 e. The number of carbonyl (C=O) groups is 2. The van der Waals surface area contributed by atoms with E-state index in [0.717, 1.165) is 5.56 Å². The number of nitrogens with one attached hydrogen (secondary N) is 1. The van der Waals surface area contributed by atoms with Crippen molar-refractivity contribution in [2.45, 2.75) is 25.4 Å². The summed E-state index contributed by atoms with van der Waals surface area (Å²) in [4.78, 5) is 28.3. The Hall–Kier alpha value is -3.42. The first kappa shape index (κ1) is 27.2. The van der Waals surface area contributed by atoms with E-state index in [2.05, 4.69) is 5.32 Å². The van der Waals surface area contributed by atoms with E-state index in [4.69, 9.17) is 21.1 Å². The lowest BCUT2D eigenvalue weighted by molar-refractivity contribution is -0.142. The molecule has 1 N–H and O–H groups in total. The molecule has 0 aliphatic rings. The molecule has 0 aliphatic carbocycles. The summed E-state index contributed by atoms with van der Waals surface area (Å²) in [6, 6.07) is 21.4. The van der Waals surface area contributed by atoms with E-state index in [1.807, 2.05) is 30.3 Å². The third-order valence-corrected chi connectivity index (χ3v) is 5.86. The average Bonchev–Trinajstić information content (AvgIpc) is 2.89. The van der Waals surface area contributed by atoms with Crippen molar-refractivity contribution in [1.29, 1.82) is 0 Å². The maximum absolute atomic E-state index is 13.5. The zero-order valence-corrected chi connectivity index (χ0v) is 20.9. The largest absolute Gasteiger partial charge is 0.482 e. The molecule has 3 aromatic carbocycles. The second kappa shape index (κ2) is 14.2. The quantitative estimate of drug-likeness (QED) is 0.338. The van der Waals surface area contributed by atoms with Gasteiger partial charge in [0.1, 0.15) is 17.6 Å². The van der Waals surface area contributed by atoms with Crippen LogP contribution in [0.2, 0.25) is 5.02 Å². The van der Waals surface area contributed by atoms with Crippen LogP contribution >= 0.6 is 11.6 Å². The van der Waals surface area contributed by atoms with Crippen LogP contribution in [0.1, 0.15) is 17.5 Å². The summed E-state index contributed by atoms with van der Waals surface area (Å²) in [5.74, 6) is -0.691. The molecule has 0 aromatic heterocycles. The van der Waals surface area contributed by atoms with Crippen LogP contribution in [0.15, 0.2) is 78.9 Å². The fourth-order valence-electron chi connectivity index (χ4n) is 3.67. The highest BCUT2D eigenvalue weighted by Crippen LogP contribution is 2.23. The first-order chi connectivity index (χ1) is 17.5. The Morgan fingerprint density at radius 2 is 1.67 bits per heavy atom. The lowest BCUT2D eigenvalue weighted by Gasteiger charge is -2.31. The molecule has 6 nitrogen and oxygen atoms in total. The van der Waals surface area contributed by atoms with Crippen molar-refractivity contribution >= 4 is 23.4 Å². The fourth-order valence-corrected chi connectivity index (χ4v) is 3.86. The summed E-state index contributed by atoms with van der Waals surface area (Å²) in [5, 5.41) is 3.30. The highest BCUT2D eigenvalue weighted by molar-refractivity contribution is 6.32. The number of nitrogens with zero attached hydrogens (tertiary/aromatic N) is 1. The molecule has 0 saturated carbocycles. The molecular formula is C28H30ClFN2O4. The second-order valence-electron chi connectivity index (χ2n) is 8.21. The number of hydrogen-bond donors (Lipinski definition) is 1. The number of hydrogen-bond acceptors (Lipinski definition) is 4. The van der Waals surface area contributed by atoms with Crippen molar-refractivity contribution in [3.05, 3.63) is 101 Å². The number of amides is 2. The van der Waals surface area contributed by atoms with E-state index in [1.54, 1.807) is 43.5 Å². The minimum absolute atomic E-state index is 0.105. The fraction of sp³-hybridized carbons (Fsp3) is 0.286. The Morgan fingerprint density at radius 3 is 2.36 bits per heavy atom. The van der Waals surface area contributed by atoms with Gasteiger partial charge in [-0.25, -0.2) is 4.39 Å². The molecule has 3 aromatic rings. The number of carbonyl (C=O) groups excluding carboxylic acids is 2. The first-order valence-corrected chi connectivity index (χ1v) is 12.1. The number of benzene rings is 3. The molecule has 190 valence electrons. The SMILES string of the molecule is COCCCNC(=O)[C@H](Cc1ccccc1)N(Cc1ccc(F)cc1)C(=O)COc1ccccc1Cl. The van der Waals surface area contributed by atoms with Crippen molar-refractivity contribution in [2.24, 2.45) is 0 Å². The van der Waals surface area contributed by atoms with Crippen LogP contribution in [0, 0.1) is 5.82 Å². The third-order valence-electron chi connectivity index (χ3n) is 5.55. The number of methoxy groups -OCH3 is 1. The molecule has 0 saturated heterocycles. The van der Waals surface area contributed by atoms with Gasteiger partial charge in [0, 0.05) is 33.2 Å². The van der Waals surface area contributed by atoms with Gasteiger partial charge in [0.05, 0.1) is 5.02 Å². The molecule has 0 bridgehead atoms. The van der Waals surface area contributed by atoms with Crippen LogP contribution in [-0.2, 0) is 27.3 Å². The van der Waals surface area contributed by atoms with Crippen LogP contribution < -0.4 is 10.1 Å². The topological polar surface area (TPSA) is 67.9 Å². The Labute approximate surface area is 216 Å². The molecular weight excluding hydrogens is 483 g/mol. The molecule has 3 rings (SSSR count). The average molecular weight is 513 g/mol. The van der Waals surface area contributed by atoms with Crippen molar-refractivity contribution in [2.75, 3.05) is 26.9 Å². The molecule has 0 spiro atoms. The smallest absolute Gasteiger partial charge is 0.261 e. The van der Waals surface area contributed by atoms with Crippen LogP contribution in [0.3, 0.4) is 0 Å².